The van der Waals surface area contributed by atoms with Crippen molar-refractivity contribution in [2.45, 2.75) is 20.1 Å². The third-order valence-electron chi connectivity index (χ3n) is 1.19. The minimum absolute atomic E-state index is 0.380. The molecule has 0 rings (SSSR count). The van der Waals surface area contributed by atoms with Gasteiger partial charge in [0.25, 0.3) is 6.29 Å². The highest BCUT2D eigenvalue weighted by Crippen LogP contribution is 2.13. The fourth-order valence-electron chi connectivity index (χ4n) is 0.751. The van der Waals surface area contributed by atoms with Gasteiger partial charge in [-0.1, -0.05) is 0 Å². The van der Waals surface area contributed by atoms with Crippen molar-refractivity contribution in [1.29, 1.82) is 0 Å². The standard InChI is InChI=1S/C8H17O4/c1-5-11-8(12-6-2)7(9-3)10-4/h7H,5-6H2,1-4H3. The smallest absolute Gasteiger partial charge is 0.282 e. The third-order valence-corrected chi connectivity index (χ3v) is 1.19. The van der Waals surface area contributed by atoms with Crippen molar-refractivity contribution < 1.29 is 18.9 Å². The number of hydrogen-bond donors (Lipinski definition) is 0. The highest BCUT2D eigenvalue weighted by molar-refractivity contribution is 4.69. The van der Waals surface area contributed by atoms with Gasteiger partial charge < -0.3 is 18.9 Å². The van der Waals surface area contributed by atoms with Crippen LogP contribution in [0.25, 0.3) is 0 Å². The van der Waals surface area contributed by atoms with E-state index in [0.29, 0.717) is 19.5 Å². The van der Waals surface area contributed by atoms with Gasteiger partial charge in [-0.3, -0.25) is 0 Å². The van der Waals surface area contributed by atoms with Crippen LogP contribution in [0.2, 0.25) is 0 Å². The molecule has 0 unspecified atom stereocenters. The van der Waals surface area contributed by atoms with Gasteiger partial charge in [-0.2, -0.15) is 0 Å². The van der Waals surface area contributed by atoms with E-state index >= 15 is 0 Å². The molecule has 0 spiro atoms. The van der Waals surface area contributed by atoms with E-state index in [4.69, 9.17) is 18.9 Å². The van der Waals surface area contributed by atoms with Crippen LogP contribution in [0.15, 0.2) is 0 Å². The molecule has 12 heavy (non-hydrogen) atoms. The first-order valence-electron chi connectivity index (χ1n) is 3.98. The fourth-order valence-corrected chi connectivity index (χ4v) is 0.751. The molecule has 0 aromatic carbocycles. The van der Waals surface area contributed by atoms with Crippen molar-refractivity contribution in [3.63, 3.8) is 0 Å². The molecule has 0 aliphatic rings. The largest absolute Gasteiger partial charge is 0.351 e. The molecule has 0 aliphatic heterocycles. The third kappa shape index (κ3) is 4.01. The van der Waals surface area contributed by atoms with Crippen molar-refractivity contribution in [2.24, 2.45) is 0 Å². The van der Waals surface area contributed by atoms with Gasteiger partial charge in [0, 0.05) is 27.4 Å². The van der Waals surface area contributed by atoms with Crippen LogP contribution < -0.4 is 0 Å². The van der Waals surface area contributed by atoms with Gasteiger partial charge in [0.2, 0.25) is 6.29 Å². The van der Waals surface area contributed by atoms with E-state index in [-0.39, 0.29) is 0 Å². The molecule has 1 radical (unpaired) electrons. The highest BCUT2D eigenvalue weighted by Gasteiger charge is 2.23. The maximum atomic E-state index is 5.17. The SMILES string of the molecule is CCO[C](OCC)C(OC)OC. The van der Waals surface area contributed by atoms with Crippen LogP contribution in [0, 0.1) is 6.29 Å². The summed E-state index contributed by atoms with van der Waals surface area (Å²) in [5.74, 6) is 0. The second-order valence-electron chi connectivity index (χ2n) is 1.99. The average molecular weight is 177 g/mol. The van der Waals surface area contributed by atoms with E-state index in [1.807, 2.05) is 13.8 Å². The number of ether oxygens (including phenoxy) is 4. The molecule has 0 aliphatic carbocycles. The van der Waals surface area contributed by atoms with Crippen molar-refractivity contribution >= 4 is 0 Å². The summed E-state index contributed by atoms with van der Waals surface area (Å²) in [6, 6.07) is 0. The van der Waals surface area contributed by atoms with Crippen LogP contribution in [0.5, 0.6) is 0 Å². The quantitative estimate of drug-likeness (QED) is 0.547. The Bertz CT molecular complexity index is 87.1. The Morgan fingerprint density at radius 1 is 1.00 bits per heavy atom. The number of rotatable bonds is 7. The zero-order valence-electron chi connectivity index (χ0n) is 8.12. The van der Waals surface area contributed by atoms with Crippen LogP contribution >= 0.6 is 0 Å². The summed E-state index contributed by atoms with van der Waals surface area (Å²) in [7, 11) is 3.07. The summed E-state index contributed by atoms with van der Waals surface area (Å²) in [6.07, 6.45) is -0.157. The fraction of sp³-hybridized carbons (Fsp3) is 0.875. The first-order chi connectivity index (χ1) is 5.79. The molecule has 0 saturated heterocycles. The van der Waals surface area contributed by atoms with Crippen molar-refractivity contribution in [2.75, 3.05) is 27.4 Å². The Labute approximate surface area is 73.7 Å². The van der Waals surface area contributed by atoms with E-state index in [0.717, 1.165) is 0 Å². The van der Waals surface area contributed by atoms with E-state index in [1.165, 1.54) is 14.2 Å². The lowest BCUT2D eigenvalue weighted by Gasteiger charge is -2.21. The molecule has 0 amide bonds. The van der Waals surface area contributed by atoms with E-state index in [9.17, 15) is 0 Å². The molecule has 0 saturated carbocycles. The Morgan fingerprint density at radius 3 is 1.67 bits per heavy atom. The van der Waals surface area contributed by atoms with Crippen LogP contribution in [-0.2, 0) is 18.9 Å². The van der Waals surface area contributed by atoms with Gasteiger partial charge >= 0.3 is 0 Å². The molecule has 0 fully saturated rings. The molecule has 0 bridgehead atoms. The first kappa shape index (κ1) is 11.8. The van der Waals surface area contributed by atoms with Crippen LogP contribution in [-0.4, -0.2) is 33.7 Å². The second-order valence-corrected chi connectivity index (χ2v) is 1.99. The lowest BCUT2D eigenvalue weighted by atomic mass is 10.6. The zero-order chi connectivity index (χ0) is 9.40. The molecule has 73 valence electrons. The molecule has 0 atom stereocenters. The first-order valence-corrected chi connectivity index (χ1v) is 3.98. The van der Waals surface area contributed by atoms with Crippen molar-refractivity contribution in [3.05, 3.63) is 6.29 Å². The van der Waals surface area contributed by atoms with E-state index in [2.05, 4.69) is 0 Å². The summed E-state index contributed by atoms with van der Waals surface area (Å²) in [5.41, 5.74) is 0. The summed E-state index contributed by atoms with van der Waals surface area (Å²) < 4.78 is 20.3. The molecule has 0 aromatic rings. The maximum Gasteiger partial charge on any atom is 0.282 e. The van der Waals surface area contributed by atoms with Gasteiger partial charge in [-0.05, 0) is 13.8 Å². The molecule has 4 nitrogen and oxygen atoms in total. The normalized spacial score (nSPS) is 11.5. The Morgan fingerprint density at radius 2 is 1.42 bits per heavy atom. The minimum Gasteiger partial charge on any atom is -0.351 e. The predicted molar refractivity (Wildman–Crippen MR) is 44.3 cm³/mol. The van der Waals surface area contributed by atoms with Gasteiger partial charge in [-0.15, -0.1) is 0 Å². The van der Waals surface area contributed by atoms with Gasteiger partial charge in [-0.25, -0.2) is 0 Å². The van der Waals surface area contributed by atoms with Crippen LogP contribution in [0.1, 0.15) is 13.8 Å². The summed E-state index contributed by atoms with van der Waals surface area (Å²) in [5, 5.41) is 0. The molecular weight excluding hydrogens is 160 g/mol. The number of hydrogen-bond acceptors (Lipinski definition) is 4. The molecule has 0 N–H and O–H groups in total. The average Bonchev–Trinajstić information content (AvgIpc) is 2.07. The summed E-state index contributed by atoms with van der Waals surface area (Å²) in [4.78, 5) is 0. The van der Waals surface area contributed by atoms with Gasteiger partial charge in [0.15, 0.2) is 0 Å². The Balaban J connectivity index is 3.86. The second kappa shape index (κ2) is 7.49. The van der Waals surface area contributed by atoms with Gasteiger partial charge in [0.05, 0.1) is 0 Å². The molecule has 0 heterocycles. The van der Waals surface area contributed by atoms with E-state index < -0.39 is 6.29 Å². The van der Waals surface area contributed by atoms with Crippen LogP contribution in [0.3, 0.4) is 0 Å². The van der Waals surface area contributed by atoms with E-state index in [1.54, 1.807) is 0 Å². The van der Waals surface area contributed by atoms with Crippen molar-refractivity contribution in [1.82, 2.24) is 0 Å². The molecule has 0 aromatic heterocycles. The van der Waals surface area contributed by atoms with Gasteiger partial charge in [0.1, 0.15) is 0 Å². The highest BCUT2D eigenvalue weighted by atomic mass is 16.8. The monoisotopic (exact) mass is 177 g/mol. The topological polar surface area (TPSA) is 36.9 Å². The van der Waals surface area contributed by atoms with Crippen LogP contribution in [0.4, 0.5) is 0 Å². The summed E-state index contributed by atoms with van der Waals surface area (Å²) in [6.45, 7) is 4.83. The Hall–Kier alpha value is -0.160. The molecule has 4 heteroatoms. The summed E-state index contributed by atoms with van der Waals surface area (Å²) >= 11 is 0. The predicted octanol–water partition coefficient (Wildman–Crippen LogP) is 1.17. The zero-order valence-corrected chi connectivity index (χ0v) is 8.12. The number of methoxy groups -OCH3 is 2. The maximum absolute atomic E-state index is 5.17. The van der Waals surface area contributed by atoms with Crippen molar-refractivity contribution in [3.8, 4) is 0 Å². The minimum atomic E-state index is -0.537. The lowest BCUT2D eigenvalue weighted by molar-refractivity contribution is -0.200. The molecular formula is C8H17O4. The Kier molecular flexibility index (Phi) is 7.39. The lowest BCUT2D eigenvalue weighted by Crippen LogP contribution is -2.27.